The summed E-state index contributed by atoms with van der Waals surface area (Å²) >= 11 is 0. The molecule has 2 aromatic rings. The van der Waals surface area contributed by atoms with Crippen LogP contribution in [0, 0.1) is 0 Å². The summed E-state index contributed by atoms with van der Waals surface area (Å²) in [6.45, 7) is 3.23. The van der Waals surface area contributed by atoms with E-state index in [-0.39, 0.29) is 0 Å². The van der Waals surface area contributed by atoms with Gasteiger partial charge < -0.3 is 24.4 Å². The number of nitrogens with one attached hydrogen (secondary N) is 1. The molecule has 0 aliphatic carbocycles. The van der Waals surface area contributed by atoms with Crippen LogP contribution < -0.4 is 19.5 Å². The third kappa shape index (κ3) is 5.09. The first-order valence-electron chi connectivity index (χ1n) is 9.60. The minimum atomic E-state index is 0.514. The highest BCUT2D eigenvalue weighted by molar-refractivity contribution is 5.80. The van der Waals surface area contributed by atoms with E-state index < -0.39 is 0 Å². The molecule has 1 saturated heterocycles. The second kappa shape index (κ2) is 9.88. The summed E-state index contributed by atoms with van der Waals surface area (Å²) in [6, 6.07) is 16.0. The Balaban J connectivity index is 1.44. The standard InChI is InChI=1S/C22H29N3O3/c1-23-22(24-13-15-28-21-10-8-20(27-3)9-11-21)25-14-12-18(16-25)17-4-6-19(26-2)7-5-17/h4-11,18H,12-16H2,1-3H3,(H,23,24). The molecule has 6 nitrogen and oxygen atoms in total. The van der Waals surface area contributed by atoms with E-state index in [1.807, 2.05) is 43.4 Å². The van der Waals surface area contributed by atoms with Gasteiger partial charge in [0.1, 0.15) is 23.9 Å². The summed E-state index contributed by atoms with van der Waals surface area (Å²) in [5.74, 6) is 3.99. The Morgan fingerprint density at radius 3 is 2.21 bits per heavy atom. The van der Waals surface area contributed by atoms with Crippen LogP contribution in [0.2, 0.25) is 0 Å². The second-order valence-corrected chi connectivity index (χ2v) is 6.70. The lowest BCUT2D eigenvalue weighted by Gasteiger charge is -2.22. The van der Waals surface area contributed by atoms with Crippen molar-refractivity contribution >= 4 is 5.96 Å². The van der Waals surface area contributed by atoms with Gasteiger partial charge in [0, 0.05) is 26.1 Å². The number of hydrogen-bond donors (Lipinski definition) is 1. The molecule has 0 spiro atoms. The smallest absolute Gasteiger partial charge is 0.193 e. The van der Waals surface area contributed by atoms with E-state index in [0.29, 0.717) is 19.1 Å². The molecule has 2 aromatic carbocycles. The number of rotatable bonds is 7. The van der Waals surface area contributed by atoms with E-state index >= 15 is 0 Å². The molecule has 28 heavy (non-hydrogen) atoms. The Labute approximate surface area is 167 Å². The minimum Gasteiger partial charge on any atom is -0.497 e. The third-order valence-corrected chi connectivity index (χ3v) is 5.00. The van der Waals surface area contributed by atoms with Crippen LogP contribution in [0.25, 0.3) is 0 Å². The molecule has 0 amide bonds. The highest BCUT2D eigenvalue weighted by atomic mass is 16.5. The van der Waals surface area contributed by atoms with Gasteiger partial charge in [-0.2, -0.15) is 0 Å². The van der Waals surface area contributed by atoms with Crippen LogP contribution in [0.15, 0.2) is 53.5 Å². The molecule has 3 rings (SSSR count). The van der Waals surface area contributed by atoms with Crippen LogP contribution in [0.5, 0.6) is 17.2 Å². The number of methoxy groups -OCH3 is 2. The number of guanidine groups is 1. The van der Waals surface area contributed by atoms with Crippen LogP contribution in [-0.2, 0) is 0 Å². The Bertz CT molecular complexity index is 760. The highest BCUT2D eigenvalue weighted by Crippen LogP contribution is 2.28. The number of nitrogens with zero attached hydrogens (tertiary/aromatic N) is 2. The van der Waals surface area contributed by atoms with E-state index in [2.05, 4.69) is 27.3 Å². The lowest BCUT2D eigenvalue weighted by molar-refractivity contribution is 0.318. The molecule has 1 atom stereocenters. The molecule has 0 aromatic heterocycles. The zero-order valence-electron chi connectivity index (χ0n) is 16.9. The molecular weight excluding hydrogens is 354 g/mol. The number of benzene rings is 2. The summed E-state index contributed by atoms with van der Waals surface area (Å²) in [5.41, 5.74) is 1.35. The molecule has 1 N–H and O–H groups in total. The van der Waals surface area contributed by atoms with E-state index in [9.17, 15) is 0 Å². The first kappa shape index (κ1) is 19.9. The van der Waals surface area contributed by atoms with Crippen molar-refractivity contribution in [1.29, 1.82) is 0 Å². The summed E-state index contributed by atoms with van der Waals surface area (Å²) in [5, 5.41) is 3.40. The SMILES string of the molecule is CN=C(NCCOc1ccc(OC)cc1)N1CCC(c2ccc(OC)cc2)C1. The molecule has 1 heterocycles. The predicted molar refractivity (Wildman–Crippen MR) is 112 cm³/mol. The zero-order chi connectivity index (χ0) is 19.8. The zero-order valence-corrected chi connectivity index (χ0v) is 16.9. The quantitative estimate of drug-likeness (QED) is 0.452. The largest absolute Gasteiger partial charge is 0.497 e. The lowest BCUT2D eigenvalue weighted by Crippen LogP contribution is -2.41. The topological polar surface area (TPSA) is 55.3 Å². The maximum absolute atomic E-state index is 5.77. The van der Waals surface area contributed by atoms with Crippen LogP contribution in [0.3, 0.4) is 0 Å². The maximum Gasteiger partial charge on any atom is 0.193 e. The van der Waals surface area contributed by atoms with Gasteiger partial charge in [-0.3, -0.25) is 4.99 Å². The van der Waals surface area contributed by atoms with Gasteiger partial charge in [-0.15, -0.1) is 0 Å². The Hall–Kier alpha value is -2.89. The molecule has 0 saturated carbocycles. The molecule has 6 heteroatoms. The van der Waals surface area contributed by atoms with E-state index in [1.165, 1.54) is 5.56 Å². The van der Waals surface area contributed by atoms with Crippen molar-refractivity contribution in [3.63, 3.8) is 0 Å². The Morgan fingerprint density at radius 2 is 1.61 bits per heavy atom. The van der Waals surface area contributed by atoms with E-state index in [0.717, 1.165) is 42.7 Å². The Morgan fingerprint density at radius 1 is 1.00 bits per heavy atom. The van der Waals surface area contributed by atoms with Crippen molar-refractivity contribution in [1.82, 2.24) is 10.2 Å². The average molecular weight is 383 g/mol. The number of likely N-dealkylation sites (tertiary alicyclic amines) is 1. The molecule has 150 valence electrons. The summed E-state index contributed by atoms with van der Waals surface area (Å²) in [7, 11) is 5.18. The fraction of sp³-hybridized carbons (Fsp3) is 0.409. The fourth-order valence-electron chi connectivity index (χ4n) is 3.44. The maximum atomic E-state index is 5.77. The van der Waals surface area contributed by atoms with Crippen molar-refractivity contribution < 1.29 is 14.2 Å². The molecule has 0 radical (unpaired) electrons. The van der Waals surface area contributed by atoms with Gasteiger partial charge in [-0.25, -0.2) is 0 Å². The minimum absolute atomic E-state index is 0.514. The van der Waals surface area contributed by atoms with Gasteiger partial charge >= 0.3 is 0 Å². The van der Waals surface area contributed by atoms with Crippen LogP contribution in [0.1, 0.15) is 17.9 Å². The number of hydrogen-bond acceptors (Lipinski definition) is 4. The molecule has 1 aliphatic rings. The second-order valence-electron chi connectivity index (χ2n) is 6.70. The third-order valence-electron chi connectivity index (χ3n) is 5.00. The van der Waals surface area contributed by atoms with Gasteiger partial charge in [0.05, 0.1) is 20.8 Å². The van der Waals surface area contributed by atoms with Crippen molar-refractivity contribution in [3.8, 4) is 17.2 Å². The van der Waals surface area contributed by atoms with Crippen molar-refractivity contribution in [3.05, 3.63) is 54.1 Å². The van der Waals surface area contributed by atoms with Crippen molar-refractivity contribution in [2.75, 3.05) is 47.5 Å². The fourth-order valence-corrected chi connectivity index (χ4v) is 3.44. The van der Waals surface area contributed by atoms with Crippen LogP contribution >= 0.6 is 0 Å². The van der Waals surface area contributed by atoms with Crippen LogP contribution in [-0.4, -0.2) is 58.4 Å². The molecule has 0 bridgehead atoms. The van der Waals surface area contributed by atoms with Gasteiger partial charge in [-0.1, -0.05) is 12.1 Å². The highest BCUT2D eigenvalue weighted by Gasteiger charge is 2.25. The lowest BCUT2D eigenvalue weighted by atomic mass is 9.98. The van der Waals surface area contributed by atoms with E-state index in [4.69, 9.17) is 14.2 Å². The average Bonchev–Trinajstić information content (AvgIpc) is 3.24. The predicted octanol–water partition coefficient (Wildman–Crippen LogP) is 3.15. The Kier molecular flexibility index (Phi) is 7.00. The van der Waals surface area contributed by atoms with Gasteiger partial charge in [-0.05, 0) is 48.4 Å². The van der Waals surface area contributed by atoms with Gasteiger partial charge in [0.25, 0.3) is 0 Å². The number of aliphatic imine (C=N–C) groups is 1. The van der Waals surface area contributed by atoms with Gasteiger partial charge in [0.2, 0.25) is 0 Å². The van der Waals surface area contributed by atoms with Crippen molar-refractivity contribution in [2.45, 2.75) is 12.3 Å². The normalized spacial score (nSPS) is 16.8. The van der Waals surface area contributed by atoms with E-state index in [1.54, 1.807) is 14.2 Å². The molecule has 1 unspecified atom stereocenters. The van der Waals surface area contributed by atoms with Crippen LogP contribution in [0.4, 0.5) is 0 Å². The summed E-state index contributed by atoms with van der Waals surface area (Å²) < 4.78 is 16.2. The first-order chi connectivity index (χ1) is 13.7. The summed E-state index contributed by atoms with van der Waals surface area (Å²) in [4.78, 5) is 6.74. The first-order valence-corrected chi connectivity index (χ1v) is 9.60. The monoisotopic (exact) mass is 383 g/mol. The van der Waals surface area contributed by atoms with Gasteiger partial charge in [0.15, 0.2) is 5.96 Å². The molecule has 1 aliphatic heterocycles. The summed E-state index contributed by atoms with van der Waals surface area (Å²) in [6.07, 6.45) is 1.12. The van der Waals surface area contributed by atoms with Crippen molar-refractivity contribution in [2.24, 2.45) is 4.99 Å². The molecular formula is C22H29N3O3. The number of ether oxygens (including phenoxy) is 3. The molecule has 1 fully saturated rings.